The minimum absolute atomic E-state index is 0.0330. The summed E-state index contributed by atoms with van der Waals surface area (Å²) in [5.41, 5.74) is 0.352. The van der Waals surface area contributed by atoms with Crippen LogP contribution in [0.1, 0.15) is 5.76 Å². The average Bonchev–Trinajstić information content (AvgIpc) is 3.20. The minimum atomic E-state index is -3.75. The third-order valence-electron chi connectivity index (χ3n) is 3.63. The van der Waals surface area contributed by atoms with Crippen molar-refractivity contribution in [3.05, 3.63) is 77.2 Å². The molecule has 2 N–H and O–H groups in total. The van der Waals surface area contributed by atoms with Gasteiger partial charge in [0.1, 0.15) is 11.5 Å². The molecule has 146 valence electrons. The SMILES string of the molecule is O=C(COc1ccc(Br)cc1)Nc1cccc(S(=O)(=O)NCc2ccco2)c1. The summed E-state index contributed by atoms with van der Waals surface area (Å²) in [5.74, 6) is 0.649. The van der Waals surface area contributed by atoms with Gasteiger partial charge in [-0.05, 0) is 54.6 Å². The molecule has 3 rings (SSSR count). The molecule has 0 aliphatic rings. The van der Waals surface area contributed by atoms with Crippen LogP contribution in [-0.2, 0) is 21.4 Å². The number of amides is 1. The van der Waals surface area contributed by atoms with Gasteiger partial charge in [-0.1, -0.05) is 22.0 Å². The fourth-order valence-corrected chi connectivity index (χ4v) is 3.58. The highest BCUT2D eigenvalue weighted by atomic mass is 79.9. The molecule has 2 aromatic carbocycles. The first-order valence-electron chi connectivity index (χ1n) is 8.23. The van der Waals surface area contributed by atoms with E-state index < -0.39 is 15.9 Å². The summed E-state index contributed by atoms with van der Waals surface area (Å²) in [5, 5.41) is 2.62. The molecule has 0 aliphatic carbocycles. The summed E-state index contributed by atoms with van der Waals surface area (Å²) in [7, 11) is -3.75. The van der Waals surface area contributed by atoms with Gasteiger partial charge in [0.05, 0.1) is 17.7 Å². The van der Waals surface area contributed by atoms with Gasteiger partial charge in [-0.25, -0.2) is 13.1 Å². The van der Waals surface area contributed by atoms with Crippen molar-refractivity contribution in [2.24, 2.45) is 0 Å². The summed E-state index contributed by atoms with van der Waals surface area (Å²) in [6.07, 6.45) is 1.47. The number of nitrogens with one attached hydrogen (secondary N) is 2. The van der Waals surface area contributed by atoms with Crippen molar-refractivity contribution in [3.8, 4) is 5.75 Å². The molecule has 0 atom stereocenters. The lowest BCUT2D eigenvalue weighted by molar-refractivity contribution is -0.118. The van der Waals surface area contributed by atoms with Gasteiger partial charge in [0.25, 0.3) is 5.91 Å². The van der Waals surface area contributed by atoms with E-state index in [1.54, 1.807) is 48.5 Å². The van der Waals surface area contributed by atoms with Crippen molar-refractivity contribution in [2.75, 3.05) is 11.9 Å². The van der Waals surface area contributed by atoms with E-state index >= 15 is 0 Å². The number of carbonyl (C=O) groups is 1. The summed E-state index contributed by atoms with van der Waals surface area (Å²) < 4.78 is 38.7. The number of hydrogen-bond donors (Lipinski definition) is 2. The van der Waals surface area contributed by atoms with E-state index in [-0.39, 0.29) is 18.0 Å². The number of benzene rings is 2. The van der Waals surface area contributed by atoms with E-state index in [9.17, 15) is 13.2 Å². The van der Waals surface area contributed by atoms with Gasteiger partial charge in [0, 0.05) is 10.2 Å². The number of rotatable bonds is 8. The van der Waals surface area contributed by atoms with E-state index in [2.05, 4.69) is 26.0 Å². The van der Waals surface area contributed by atoms with Crippen LogP contribution >= 0.6 is 15.9 Å². The second-order valence-electron chi connectivity index (χ2n) is 5.72. The number of carbonyl (C=O) groups excluding carboxylic acids is 1. The molecule has 0 aliphatic heterocycles. The maximum absolute atomic E-state index is 12.4. The molecule has 1 heterocycles. The molecule has 3 aromatic rings. The molecule has 7 nitrogen and oxygen atoms in total. The molecule has 0 spiro atoms. The predicted molar refractivity (Wildman–Crippen MR) is 107 cm³/mol. The summed E-state index contributed by atoms with van der Waals surface area (Å²) in [6, 6.07) is 16.4. The molecule has 0 saturated heterocycles. The smallest absolute Gasteiger partial charge is 0.262 e. The average molecular weight is 465 g/mol. The zero-order valence-corrected chi connectivity index (χ0v) is 17.0. The van der Waals surface area contributed by atoms with Crippen LogP contribution in [0.25, 0.3) is 0 Å². The highest BCUT2D eigenvalue weighted by Crippen LogP contribution is 2.17. The Hall–Kier alpha value is -2.62. The van der Waals surface area contributed by atoms with Gasteiger partial charge in [-0.3, -0.25) is 4.79 Å². The molecule has 0 saturated carbocycles. The first kappa shape index (κ1) is 20.1. The van der Waals surface area contributed by atoms with E-state index in [1.807, 2.05) is 0 Å². The maximum Gasteiger partial charge on any atom is 0.262 e. The Morgan fingerprint density at radius 3 is 2.57 bits per heavy atom. The highest BCUT2D eigenvalue weighted by molar-refractivity contribution is 9.10. The number of sulfonamides is 1. The molecule has 0 fully saturated rings. The lowest BCUT2D eigenvalue weighted by atomic mass is 10.3. The highest BCUT2D eigenvalue weighted by Gasteiger charge is 2.15. The number of anilines is 1. The lowest BCUT2D eigenvalue weighted by Crippen LogP contribution is -2.23. The van der Waals surface area contributed by atoms with Crippen molar-refractivity contribution in [1.29, 1.82) is 0 Å². The summed E-state index contributed by atoms with van der Waals surface area (Å²) >= 11 is 3.32. The molecule has 1 aromatic heterocycles. The Labute approximate surface area is 170 Å². The Kier molecular flexibility index (Phi) is 6.50. The topological polar surface area (TPSA) is 97.6 Å². The minimum Gasteiger partial charge on any atom is -0.484 e. The van der Waals surface area contributed by atoms with Crippen LogP contribution in [0.15, 0.2) is 80.7 Å². The van der Waals surface area contributed by atoms with Crippen LogP contribution in [-0.4, -0.2) is 20.9 Å². The standard InChI is InChI=1S/C19H17BrN2O5S/c20-14-6-8-16(9-7-14)27-13-19(23)22-15-3-1-5-18(11-15)28(24,25)21-12-17-4-2-10-26-17/h1-11,21H,12-13H2,(H,22,23). The monoisotopic (exact) mass is 464 g/mol. The van der Waals surface area contributed by atoms with Gasteiger partial charge in [0.15, 0.2) is 6.61 Å². The number of ether oxygens (including phenoxy) is 1. The summed E-state index contributed by atoms with van der Waals surface area (Å²) in [6.45, 7) is -0.164. The van der Waals surface area contributed by atoms with E-state index in [4.69, 9.17) is 9.15 Å². The lowest BCUT2D eigenvalue weighted by Gasteiger charge is -2.10. The van der Waals surface area contributed by atoms with Crippen LogP contribution in [0.5, 0.6) is 5.75 Å². The van der Waals surface area contributed by atoms with Crippen molar-refractivity contribution in [2.45, 2.75) is 11.4 Å². The fourth-order valence-electron chi connectivity index (χ4n) is 2.28. The van der Waals surface area contributed by atoms with Gasteiger partial charge in [-0.2, -0.15) is 0 Å². The zero-order chi connectivity index (χ0) is 20.0. The molecule has 0 radical (unpaired) electrons. The number of halogens is 1. The molecule has 0 unspecified atom stereocenters. The Bertz CT molecular complexity index is 1030. The largest absolute Gasteiger partial charge is 0.484 e. The number of hydrogen-bond acceptors (Lipinski definition) is 5. The normalized spacial score (nSPS) is 11.2. The maximum atomic E-state index is 12.4. The van der Waals surface area contributed by atoms with Gasteiger partial charge in [-0.15, -0.1) is 0 Å². The molecular weight excluding hydrogens is 448 g/mol. The van der Waals surface area contributed by atoms with Gasteiger partial charge in [0.2, 0.25) is 10.0 Å². The molecule has 9 heteroatoms. The van der Waals surface area contributed by atoms with Crippen LogP contribution in [0.4, 0.5) is 5.69 Å². The van der Waals surface area contributed by atoms with Crippen molar-refractivity contribution in [1.82, 2.24) is 4.72 Å². The molecule has 1 amide bonds. The Balaban J connectivity index is 1.58. The quantitative estimate of drug-likeness (QED) is 0.531. The molecular formula is C19H17BrN2O5S. The van der Waals surface area contributed by atoms with Crippen molar-refractivity contribution in [3.63, 3.8) is 0 Å². The Morgan fingerprint density at radius 1 is 1.07 bits per heavy atom. The van der Waals surface area contributed by atoms with E-state index in [1.165, 1.54) is 18.4 Å². The predicted octanol–water partition coefficient (Wildman–Crippen LogP) is 3.54. The van der Waals surface area contributed by atoms with E-state index in [0.29, 0.717) is 17.2 Å². The van der Waals surface area contributed by atoms with E-state index in [0.717, 1.165) is 4.47 Å². The van der Waals surface area contributed by atoms with Gasteiger partial charge < -0.3 is 14.5 Å². The summed E-state index contributed by atoms with van der Waals surface area (Å²) in [4.78, 5) is 12.1. The molecule has 0 bridgehead atoms. The molecule has 28 heavy (non-hydrogen) atoms. The third-order valence-corrected chi connectivity index (χ3v) is 5.56. The second kappa shape index (κ2) is 9.05. The first-order chi connectivity index (χ1) is 13.4. The van der Waals surface area contributed by atoms with Crippen molar-refractivity contribution >= 4 is 37.5 Å². The Morgan fingerprint density at radius 2 is 1.86 bits per heavy atom. The second-order valence-corrected chi connectivity index (χ2v) is 8.41. The van der Waals surface area contributed by atoms with Crippen molar-refractivity contribution < 1.29 is 22.4 Å². The third kappa shape index (κ3) is 5.69. The van der Waals surface area contributed by atoms with Crippen LogP contribution in [0.3, 0.4) is 0 Å². The number of furan rings is 1. The zero-order valence-electron chi connectivity index (χ0n) is 14.6. The fraction of sp³-hybridized carbons (Fsp3) is 0.105. The van der Waals surface area contributed by atoms with Crippen LogP contribution in [0, 0.1) is 0 Å². The first-order valence-corrected chi connectivity index (χ1v) is 10.5. The van der Waals surface area contributed by atoms with Gasteiger partial charge >= 0.3 is 0 Å². The van der Waals surface area contributed by atoms with Crippen LogP contribution < -0.4 is 14.8 Å². The van der Waals surface area contributed by atoms with Crippen LogP contribution in [0.2, 0.25) is 0 Å².